The lowest BCUT2D eigenvalue weighted by Gasteiger charge is -2.23. The predicted octanol–water partition coefficient (Wildman–Crippen LogP) is 2.70. The van der Waals surface area contributed by atoms with Gasteiger partial charge in [0.05, 0.1) is 26.2 Å². The van der Waals surface area contributed by atoms with Crippen molar-refractivity contribution in [3.63, 3.8) is 0 Å². The molecule has 2 rings (SSSR count). The largest absolute Gasteiger partial charge is 0.481 e. The zero-order chi connectivity index (χ0) is 19.1. The maximum Gasteiger partial charge on any atom is 0.306 e. The van der Waals surface area contributed by atoms with Gasteiger partial charge in [-0.15, -0.1) is 24.8 Å². The van der Waals surface area contributed by atoms with Crippen LogP contribution in [-0.2, 0) is 14.3 Å². The van der Waals surface area contributed by atoms with Crippen molar-refractivity contribution in [1.29, 1.82) is 0 Å². The molecule has 28 heavy (non-hydrogen) atoms. The molecule has 2 N–H and O–H groups in total. The van der Waals surface area contributed by atoms with Gasteiger partial charge in [0, 0.05) is 24.8 Å². The average molecular weight is 436 g/mol. The maximum absolute atomic E-state index is 12.1. The average Bonchev–Trinajstić information content (AvgIpc) is 2.87. The number of nitrogens with zero attached hydrogens (tertiary/aromatic N) is 2. The summed E-state index contributed by atoms with van der Waals surface area (Å²) in [7, 11) is 1.57. The highest BCUT2D eigenvalue weighted by Gasteiger charge is 2.34. The molecule has 1 aliphatic heterocycles. The Labute approximate surface area is 179 Å². The number of halogens is 2. The van der Waals surface area contributed by atoms with Crippen LogP contribution in [-0.4, -0.2) is 54.1 Å². The van der Waals surface area contributed by atoms with E-state index in [0.29, 0.717) is 31.9 Å². The van der Waals surface area contributed by atoms with Crippen molar-refractivity contribution in [3.05, 3.63) is 23.9 Å². The number of ether oxygens (including phenoxy) is 2. The molecule has 0 aliphatic carbocycles. The number of amides is 1. The molecular weight excluding hydrogens is 405 g/mol. The van der Waals surface area contributed by atoms with Crippen LogP contribution in [0.25, 0.3) is 0 Å². The second-order valence-electron chi connectivity index (χ2n) is 6.71. The highest BCUT2D eigenvalue weighted by molar-refractivity contribution is 5.85. The highest BCUT2D eigenvalue weighted by atomic mass is 35.5. The minimum Gasteiger partial charge on any atom is -0.481 e. The number of hydrogen-bond acceptors (Lipinski definition) is 6. The second-order valence-corrected chi connectivity index (χ2v) is 6.71. The maximum atomic E-state index is 12.1. The molecule has 1 aromatic rings. The number of hydrogen-bond donors (Lipinski definition) is 1. The molecule has 1 fully saturated rings. The van der Waals surface area contributed by atoms with Crippen molar-refractivity contribution >= 4 is 36.7 Å². The van der Waals surface area contributed by atoms with Crippen LogP contribution in [0, 0.1) is 0 Å². The Hall–Kier alpha value is -1.57. The zero-order valence-electron chi connectivity index (χ0n) is 16.6. The van der Waals surface area contributed by atoms with E-state index in [-0.39, 0.29) is 54.7 Å². The molecule has 0 bridgehead atoms. The van der Waals surface area contributed by atoms with Gasteiger partial charge in [-0.1, -0.05) is 6.07 Å². The van der Waals surface area contributed by atoms with E-state index in [9.17, 15) is 9.59 Å². The van der Waals surface area contributed by atoms with Gasteiger partial charge in [-0.3, -0.25) is 9.59 Å². The van der Waals surface area contributed by atoms with E-state index in [1.807, 2.05) is 17.9 Å². The second kappa shape index (κ2) is 12.8. The normalized spacial score (nSPS) is 19.4. The van der Waals surface area contributed by atoms with Crippen molar-refractivity contribution in [2.75, 3.05) is 20.3 Å². The topological polar surface area (TPSA) is 94.8 Å². The molecule has 0 spiro atoms. The number of esters is 1. The van der Waals surface area contributed by atoms with Crippen molar-refractivity contribution in [3.8, 4) is 5.88 Å². The zero-order valence-corrected chi connectivity index (χ0v) is 18.3. The molecule has 1 aliphatic rings. The Morgan fingerprint density at radius 1 is 1.39 bits per heavy atom. The summed E-state index contributed by atoms with van der Waals surface area (Å²) in [4.78, 5) is 30.1. The smallest absolute Gasteiger partial charge is 0.306 e. The molecule has 1 amide bonds. The van der Waals surface area contributed by atoms with Crippen molar-refractivity contribution in [2.45, 2.75) is 57.5 Å². The van der Waals surface area contributed by atoms with Gasteiger partial charge in [-0.2, -0.15) is 0 Å². The molecule has 9 heteroatoms. The first-order valence-electron chi connectivity index (χ1n) is 9.17. The molecule has 0 radical (unpaired) electrons. The molecule has 160 valence electrons. The number of carbonyl (C=O) groups excluding carboxylic acids is 2. The fourth-order valence-electron chi connectivity index (χ4n) is 3.43. The minimum atomic E-state index is -0.383. The van der Waals surface area contributed by atoms with Gasteiger partial charge in [0.25, 0.3) is 0 Å². The number of carbonyl (C=O) groups is 2. The Kier molecular flexibility index (Phi) is 12.1. The number of likely N-dealkylation sites (tertiary alicyclic amines) is 1. The fraction of sp³-hybridized carbons (Fsp3) is 0.632. The summed E-state index contributed by atoms with van der Waals surface area (Å²) in [6, 6.07) is 3.50. The predicted molar refractivity (Wildman–Crippen MR) is 112 cm³/mol. The quantitative estimate of drug-likeness (QED) is 0.599. The molecule has 3 atom stereocenters. The summed E-state index contributed by atoms with van der Waals surface area (Å²) in [6.45, 7) is 4.83. The SMILES string of the molecule is CCOC(=O)C[C@H](CCCN1C(=O)[C@@H](N)C[C@H]1C)c1ccc(OC)nc1.Cl.Cl. The summed E-state index contributed by atoms with van der Waals surface area (Å²) in [5, 5.41) is 0. The summed E-state index contributed by atoms with van der Waals surface area (Å²) in [5.41, 5.74) is 6.80. The first-order chi connectivity index (χ1) is 12.5. The van der Waals surface area contributed by atoms with Crippen molar-refractivity contribution in [1.82, 2.24) is 9.88 Å². The highest BCUT2D eigenvalue weighted by Crippen LogP contribution is 2.27. The summed E-state index contributed by atoms with van der Waals surface area (Å²) in [5.74, 6) is 0.328. The molecule has 1 aromatic heterocycles. The van der Waals surface area contributed by atoms with Crippen LogP contribution in [0.2, 0.25) is 0 Å². The van der Waals surface area contributed by atoms with Gasteiger partial charge < -0.3 is 20.1 Å². The third-order valence-electron chi connectivity index (χ3n) is 4.84. The lowest BCUT2D eigenvalue weighted by atomic mass is 9.92. The number of rotatable bonds is 9. The number of nitrogens with two attached hydrogens (primary N) is 1. The Balaban J connectivity index is 0.00000364. The molecule has 0 saturated carbocycles. The first-order valence-corrected chi connectivity index (χ1v) is 9.17. The van der Waals surface area contributed by atoms with E-state index < -0.39 is 0 Å². The molecule has 0 unspecified atom stereocenters. The van der Waals surface area contributed by atoms with Crippen LogP contribution in [0.5, 0.6) is 5.88 Å². The van der Waals surface area contributed by atoms with Crippen LogP contribution in [0.3, 0.4) is 0 Å². The molecule has 1 saturated heterocycles. The summed E-state index contributed by atoms with van der Waals surface area (Å²) in [6.07, 6.45) is 4.29. The standard InChI is InChI=1S/C19H29N3O4.2ClH/c1-4-26-18(23)11-14(15-7-8-17(25-3)21-12-15)6-5-9-22-13(2)10-16(20)19(22)24;;/h7-8,12-14,16H,4-6,9-11,20H2,1-3H3;2*1H/t13-,14+,16+;;/m1../s1. The van der Waals surface area contributed by atoms with Crippen LogP contribution >= 0.6 is 24.8 Å². The first kappa shape index (κ1) is 26.4. The monoisotopic (exact) mass is 435 g/mol. The lowest BCUT2D eigenvalue weighted by molar-refractivity contribution is -0.143. The number of aromatic nitrogens is 1. The third-order valence-corrected chi connectivity index (χ3v) is 4.84. The van der Waals surface area contributed by atoms with E-state index >= 15 is 0 Å². The van der Waals surface area contributed by atoms with E-state index in [2.05, 4.69) is 4.98 Å². The Morgan fingerprint density at radius 3 is 2.61 bits per heavy atom. The van der Waals surface area contributed by atoms with E-state index in [4.69, 9.17) is 15.2 Å². The molecule has 2 heterocycles. The molecule has 0 aromatic carbocycles. The van der Waals surface area contributed by atoms with Crippen LogP contribution in [0.15, 0.2) is 18.3 Å². The Morgan fingerprint density at radius 2 is 2.11 bits per heavy atom. The van der Waals surface area contributed by atoms with Gasteiger partial charge in [-0.05, 0) is 44.6 Å². The lowest BCUT2D eigenvalue weighted by Crippen LogP contribution is -2.36. The summed E-state index contributed by atoms with van der Waals surface area (Å²) >= 11 is 0. The van der Waals surface area contributed by atoms with E-state index in [0.717, 1.165) is 18.4 Å². The van der Waals surface area contributed by atoms with Gasteiger partial charge in [0.2, 0.25) is 11.8 Å². The van der Waals surface area contributed by atoms with E-state index in [1.165, 1.54) is 0 Å². The number of methoxy groups -OCH3 is 1. The summed E-state index contributed by atoms with van der Waals surface area (Å²) < 4.78 is 10.2. The van der Waals surface area contributed by atoms with Crippen molar-refractivity contribution < 1.29 is 19.1 Å². The van der Waals surface area contributed by atoms with Gasteiger partial charge in [-0.25, -0.2) is 4.98 Å². The van der Waals surface area contributed by atoms with E-state index in [1.54, 1.807) is 26.3 Å². The van der Waals surface area contributed by atoms with Crippen LogP contribution in [0.4, 0.5) is 0 Å². The van der Waals surface area contributed by atoms with Gasteiger partial charge in [0.15, 0.2) is 0 Å². The third kappa shape index (κ3) is 7.11. The van der Waals surface area contributed by atoms with Gasteiger partial charge in [0.1, 0.15) is 0 Å². The minimum absolute atomic E-state index is 0. The Bertz CT molecular complexity index is 616. The van der Waals surface area contributed by atoms with Crippen LogP contribution in [0.1, 0.15) is 51.0 Å². The molecular formula is C19H31Cl2N3O4. The fourth-order valence-corrected chi connectivity index (χ4v) is 3.43. The van der Waals surface area contributed by atoms with Crippen LogP contribution < -0.4 is 10.5 Å². The number of pyridine rings is 1. The van der Waals surface area contributed by atoms with Crippen molar-refractivity contribution in [2.24, 2.45) is 5.73 Å². The van der Waals surface area contributed by atoms with Gasteiger partial charge >= 0.3 is 5.97 Å². The molecule has 7 nitrogen and oxygen atoms in total.